The van der Waals surface area contributed by atoms with Crippen LogP contribution in [0.5, 0.6) is 5.75 Å². The Kier molecular flexibility index (Phi) is 7.07. The van der Waals surface area contributed by atoms with Gasteiger partial charge in [0.05, 0.1) is 18.3 Å². The standard InChI is InChI=1S/C31H29F3N4O6/c1-16-12-18(8-11-22(16)29(39)40)28-35-36-30(42-28)38-19-9-10-20(38)14-21(13-19)41-15-24-26(37-44-27(24)17-6-7-17)23-4-2-3-5-25(23)43-31(32,33)34/h2-5,8,11-12,17,19-21H,6-7,9-10,13-15H2,1H3,(H,39,40)/t19-,20+,21?. The molecule has 3 atom stereocenters. The lowest BCUT2D eigenvalue weighted by molar-refractivity contribution is -0.274. The Labute approximate surface area is 249 Å². The molecule has 2 aromatic carbocycles. The molecule has 2 aromatic heterocycles. The van der Waals surface area contributed by atoms with Crippen LogP contribution < -0.4 is 9.64 Å². The number of piperidine rings is 1. The molecule has 13 heteroatoms. The first kappa shape index (κ1) is 28.4. The molecule has 3 aliphatic rings. The molecule has 1 saturated carbocycles. The predicted octanol–water partition coefficient (Wildman–Crippen LogP) is 6.89. The van der Waals surface area contributed by atoms with Crippen molar-refractivity contribution < 1.29 is 41.5 Å². The Hall–Kier alpha value is -4.39. The van der Waals surface area contributed by atoms with Gasteiger partial charge in [0, 0.05) is 34.7 Å². The summed E-state index contributed by atoms with van der Waals surface area (Å²) in [7, 11) is 0. The van der Waals surface area contributed by atoms with E-state index in [0.29, 0.717) is 52.9 Å². The smallest absolute Gasteiger partial charge is 0.478 e. The fourth-order valence-corrected chi connectivity index (χ4v) is 6.47. The molecule has 4 aromatic rings. The van der Waals surface area contributed by atoms with Crippen LogP contribution in [0.3, 0.4) is 0 Å². The van der Waals surface area contributed by atoms with Gasteiger partial charge in [0.1, 0.15) is 17.2 Å². The van der Waals surface area contributed by atoms with Gasteiger partial charge >= 0.3 is 18.3 Å². The number of alkyl halides is 3. The summed E-state index contributed by atoms with van der Waals surface area (Å²) in [5.41, 5.74) is 2.63. The largest absolute Gasteiger partial charge is 0.573 e. The number of fused-ring (bicyclic) bond motifs is 2. The Morgan fingerprint density at radius 3 is 2.50 bits per heavy atom. The Bertz CT molecular complexity index is 1680. The van der Waals surface area contributed by atoms with Crippen LogP contribution in [0.2, 0.25) is 0 Å². The highest BCUT2D eigenvalue weighted by Gasteiger charge is 2.44. The summed E-state index contributed by atoms with van der Waals surface area (Å²) in [4.78, 5) is 13.5. The Balaban J connectivity index is 1.06. The highest BCUT2D eigenvalue weighted by atomic mass is 19.4. The number of anilines is 1. The molecule has 44 heavy (non-hydrogen) atoms. The molecule has 3 fully saturated rings. The highest BCUT2D eigenvalue weighted by molar-refractivity contribution is 5.90. The van der Waals surface area contributed by atoms with Crippen molar-refractivity contribution in [3.8, 4) is 28.5 Å². The topological polar surface area (TPSA) is 124 Å². The quantitative estimate of drug-likeness (QED) is 0.214. The van der Waals surface area contributed by atoms with Gasteiger partial charge < -0.3 is 28.4 Å². The van der Waals surface area contributed by atoms with Crippen molar-refractivity contribution in [3.63, 3.8) is 0 Å². The van der Waals surface area contributed by atoms with E-state index < -0.39 is 12.3 Å². The highest BCUT2D eigenvalue weighted by Crippen LogP contribution is 2.46. The third-order valence-electron chi connectivity index (χ3n) is 8.63. The lowest BCUT2D eigenvalue weighted by atomic mass is 9.99. The van der Waals surface area contributed by atoms with Crippen LogP contribution >= 0.6 is 0 Å². The van der Waals surface area contributed by atoms with E-state index in [4.69, 9.17) is 13.7 Å². The van der Waals surface area contributed by atoms with Crippen LogP contribution in [0.4, 0.5) is 19.2 Å². The first-order valence-corrected chi connectivity index (χ1v) is 14.6. The lowest BCUT2D eigenvalue weighted by Crippen LogP contribution is -2.45. The fourth-order valence-electron chi connectivity index (χ4n) is 6.47. The maximum Gasteiger partial charge on any atom is 0.573 e. The van der Waals surface area contributed by atoms with Crippen molar-refractivity contribution in [1.29, 1.82) is 0 Å². The summed E-state index contributed by atoms with van der Waals surface area (Å²) in [6.45, 7) is 1.88. The van der Waals surface area contributed by atoms with Gasteiger partial charge in [-0.1, -0.05) is 22.4 Å². The van der Waals surface area contributed by atoms with Crippen LogP contribution in [0, 0.1) is 6.92 Å². The molecule has 1 unspecified atom stereocenters. The second kappa shape index (κ2) is 11.0. The maximum absolute atomic E-state index is 13.1. The van der Waals surface area contributed by atoms with Gasteiger partial charge in [-0.2, -0.15) is 0 Å². The van der Waals surface area contributed by atoms with Crippen molar-refractivity contribution >= 4 is 12.0 Å². The van der Waals surface area contributed by atoms with Crippen LogP contribution in [0.1, 0.15) is 71.7 Å². The number of ether oxygens (including phenoxy) is 2. The molecule has 1 aliphatic carbocycles. The van der Waals surface area contributed by atoms with Gasteiger partial charge in [-0.05, 0) is 81.3 Å². The van der Waals surface area contributed by atoms with E-state index in [1.807, 2.05) is 0 Å². The third-order valence-corrected chi connectivity index (χ3v) is 8.63. The number of halogens is 3. The van der Waals surface area contributed by atoms with Gasteiger partial charge in [-0.25, -0.2) is 4.79 Å². The number of aromatic carboxylic acids is 1. The minimum atomic E-state index is -4.84. The summed E-state index contributed by atoms with van der Waals surface area (Å²) in [5, 5.41) is 22.0. The van der Waals surface area contributed by atoms with Gasteiger partial charge in [0.2, 0.25) is 5.89 Å². The van der Waals surface area contributed by atoms with E-state index in [1.165, 1.54) is 24.3 Å². The van der Waals surface area contributed by atoms with Gasteiger partial charge in [-0.3, -0.25) is 0 Å². The zero-order valence-electron chi connectivity index (χ0n) is 23.7. The zero-order chi connectivity index (χ0) is 30.6. The molecule has 2 aliphatic heterocycles. The lowest BCUT2D eigenvalue weighted by Gasteiger charge is -2.37. The van der Waals surface area contributed by atoms with Crippen molar-refractivity contribution in [1.82, 2.24) is 15.4 Å². The summed E-state index contributed by atoms with van der Waals surface area (Å²) in [6, 6.07) is 11.5. The molecule has 0 radical (unpaired) electrons. The van der Waals surface area contributed by atoms with Crippen LogP contribution in [0.25, 0.3) is 22.7 Å². The number of benzene rings is 2. The Morgan fingerprint density at radius 1 is 1.07 bits per heavy atom. The van der Waals surface area contributed by atoms with Gasteiger partial charge in [0.25, 0.3) is 0 Å². The molecule has 2 bridgehead atoms. The molecular formula is C31H29F3N4O6. The number of hydrogen-bond donors (Lipinski definition) is 1. The van der Waals surface area contributed by atoms with Gasteiger partial charge in [-0.15, -0.1) is 18.3 Å². The average Bonchev–Trinajstić information content (AvgIpc) is 3.44. The Morgan fingerprint density at radius 2 is 1.82 bits per heavy atom. The maximum atomic E-state index is 13.1. The first-order chi connectivity index (χ1) is 21.1. The second-order valence-corrected chi connectivity index (χ2v) is 11.6. The molecule has 0 spiro atoms. The van der Waals surface area contributed by atoms with Crippen molar-refractivity contribution in [2.24, 2.45) is 0 Å². The average molecular weight is 611 g/mol. The molecule has 0 amide bonds. The monoisotopic (exact) mass is 610 g/mol. The van der Waals surface area contributed by atoms with Crippen molar-refractivity contribution in [3.05, 3.63) is 64.9 Å². The van der Waals surface area contributed by atoms with Gasteiger partial charge in [0.15, 0.2) is 0 Å². The van der Waals surface area contributed by atoms with Crippen LogP contribution in [-0.2, 0) is 11.3 Å². The van der Waals surface area contributed by atoms with E-state index in [-0.39, 0.29) is 47.6 Å². The summed E-state index contributed by atoms with van der Waals surface area (Å²) >= 11 is 0. The van der Waals surface area contributed by atoms with Crippen LogP contribution in [-0.4, -0.2) is 51.0 Å². The SMILES string of the molecule is Cc1cc(-c2nnc(N3[C@@H]4CC[C@H]3CC(OCc3c(-c5ccccc5OC(F)(F)F)noc3C3CC3)C4)o2)ccc1C(=O)O. The van der Waals surface area contributed by atoms with Crippen molar-refractivity contribution in [2.45, 2.75) is 82.5 Å². The number of aryl methyl sites for hydroxylation is 1. The van der Waals surface area contributed by atoms with E-state index in [2.05, 4.69) is 25.0 Å². The van der Waals surface area contributed by atoms with E-state index >= 15 is 0 Å². The molecule has 7 rings (SSSR count). The van der Waals surface area contributed by atoms with Crippen LogP contribution in [0.15, 0.2) is 51.4 Å². The molecule has 1 N–H and O–H groups in total. The minimum Gasteiger partial charge on any atom is -0.478 e. The number of hydrogen-bond acceptors (Lipinski definition) is 9. The molecule has 4 heterocycles. The minimum absolute atomic E-state index is 0.0890. The molecule has 230 valence electrons. The predicted molar refractivity (Wildman–Crippen MR) is 149 cm³/mol. The molecular weight excluding hydrogens is 581 g/mol. The normalized spacial score (nSPS) is 21.5. The molecule has 10 nitrogen and oxygen atoms in total. The number of rotatable bonds is 9. The number of nitrogens with zero attached hydrogens (tertiary/aromatic N) is 4. The second-order valence-electron chi connectivity index (χ2n) is 11.6. The number of para-hydroxylation sites is 1. The van der Waals surface area contributed by atoms with E-state index in [1.54, 1.807) is 25.1 Å². The summed E-state index contributed by atoms with van der Waals surface area (Å²) in [6.07, 6.45) is 0.230. The third kappa shape index (κ3) is 5.51. The number of carbonyl (C=O) groups is 1. The first-order valence-electron chi connectivity index (χ1n) is 14.6. The fraction of sp³-hybridized carbons (Fsp3) is 0.419. The van der Waals surface area contributed by atoms with E-state index in [9.17, 15) is 23.1 Å². The number of carboxylic acids is 1. The number of aromatic nitrogens is 3. The molecule has 2 saturated heterocycles. The van der Waals surface area contributed by atoms with E-state index in [0.717, 1.165) is 25.7 Å². The summed E-state index contributed by atoms with van der Waals surface area (Å²) in [5.74, 6) is -0.173. The summed E-state index contributed by atoms with van der Waals surface area (Å²) < 4.78 is 61.8. The van der Waals surface area contributed by atoms with Crippen molar-refractivity contribution in [2.75, 3.05) is 4.90 Å². The number of carboxylic acid groups (broad SMARTS) is 1. The zero-order valence-corrected chi connectivity index (χ0v) is 23.7.